The highest BCUT2D eigenvalue weighted by Crippen LogP contribution is 2.40. The number of aliphatic hydroxyl groups is 1. The number of carbonyl (C=O) groups is 2. The van der Waals surface area contributed by atoms with Crippen molar-refractivity contribution >= 4 is 17.4 Å². The molecule has 1 N–H and O–H groups in total. The molecule has 2 fully saturated rings. The van der Waals surface area contributed by atoms with Crippen LogP contribution in [0.15, 0.2) is 54.1 Å². The standard InChI is InChI=1S/C29H35FN2O5/c1-2-3-4-17-37-24-8-5-7-22(20-24)26-25(27(33)21-9-11-23(30)12-10-21)28(34)29(35)32(26)14-6-13-31-15-18-36-19-16-31/h5,7-12,20,26,33H,2-4,6,13-19H2,1H3/b27-25+. The van der Waals surface area contributed by atoms with Crippen molar-refractivity contribution in [2.45, 2.75) is 38.6 Å². The molecule has 2 aromatic carbocycles. The molecule has 2 saturated heterocycles. The molecular formula is C29H35FN2O5. The van der Waals surface area contributed by atoms with E-state index in [1.54, 1.807) is 0 Å². The lowest BCUT2D eigenvalue weighted by Gasteiger charge is -2.29. The van der Waals surface area contributed by atoms with Gasteiger partial charge in [0.25, 0.3) is 11.7 Å². The number of carbonyl (C=O) groups excluding carboxylic acids is 2. The van der Waals surface area contributed by atoms with Crippen LogP contribution in [0.2, 0.25) is 0 Å². The van der Waals surface area contributed by atoms with Crippen LogP contribution in [0.5, 0.6) is 5.75 Å². The molecular weight excluding hydrogens is 475 g/mol. The number of benzene rings is 2. The zero-order valence-corrected chi connectivity index (χ0v) is 21.3. The Labute approximate surface area is 217 Å². The minimum atomic E-state index is -0.770. The maximum absolute atomic E-state index is 13.5. The highest BCUT2D eigenvalue weighted by molar-refractivity contribution is 6.46. The molecule has 0 saturated carbocycles. The lowest BCUT2D eigenvalue weighted by molar-refractivity contribution is -0.140. The molecule has 8 heteroatoms. The van der Waals surface area contributed by atoms with Crippen LogP contribution < -0.4 is 4.74 Å². The number of aliphatic hydroxyl groups excluding tert-OH is 1. The van der Waals surface area contributed by atoms with Crippen molar-refractivity contribution in [3.05, 3.63) is 71.0 Å². The molecule has 0 aromatic heterocycles. The van der Waals surface area contributed by atoms with E-state index >= 15 is 0 Å². The third-order valence-corrected chi connectivity index (χ3v) is 6.83. The smallest absolute Gasteiger partial charge is 0.295 e. The minimum absolute atomic E-state index is 0.00566. The molecule has 1 amide bonds. The van der Waals surface area contributed by atoms with Crippen LogP contribution in [0.25, 0.3) is 5.76 Å². The Morgan fingerprint density at radius 2 is 1.81 bits per heavy atom. The Bertz CT molecular complexity index is 1110. The number of morpholine rings is 1. The number of likely N-dealkylation sites (tertiary alicyclic amines) is 1. The molecule has 0 aliphatic carbocycles. The molecule has 37 heavy (non-hydrogen) atoms. The second-order valence-corrected chi connectivity index (χ2v) is 9.44. The fourth-order valence-electron chi connectivity index (χ4n) is 4.83. The summed E-state index contributed by atoms with van der Waals surface area (Å²) in [6, 6.07) is 11.8. The highest BCUT2D eigenvalue weighted by atomic mass is 19.1. The summed E-state index contributed by atoms with van der Waals surface area (Å²) < 4.78 is 24.8. The minimum Gasteiger partial charge on any atom is -0.507 e. The van der Waals surface area contributed by atoms with Gasteiger partial charge in [-0.25, -0.2) is 4.39 Å². The molecule has 7 nitrogen and oxygen atoms in total. The normalized spacial score (nSPS) is 19.9. The fourth-order valence-corrected chi connectivity index (χ4v) is 4.83. The van der Waals surface area contributed by atoms with Gasteiger partial charge >= 0.3 is 0 Å². The van der Waals surface area contributed by atoms with Crippen LogP contribution in [0.3, 0.4) is 0 Å². The van der Waals surface area contributed by atoms with Crippen molar-refractivity contribution in [3.63, 3.8) is 0 Å². The summed E-state index contributed by atoms with van der Waals surface area (Å²) in [6.07, 6.45) is 3.77. The van der Waals surface area contributed by atoms with Crippen LogP contribution in [0.1, 0.15) is 49.8 Å². The topological polar surface area (TPSA) is 79.3 Å². The van der Waals surface area contributed by atoms with Gasteiger partial charge in [0.1, 0.15) is 17.3 Å². The number of rotatable bonds is 11. The molecule has 198 valence electrons. The second kappa shape index (κ2) is 12.8. The molecule has 1 atom stereocenters. The molecule has 2 aromatic rings. The van der Waals surface area contributed by atoms with Gasteiger partial charge < -0.3 is 19.5 Å². The molecule has 2 aliphatic heterocycles. The number of ether oxygens (including phenoxy) is 2. The van der Waals surface area contributed by atoms with Crippen LogP contribution in [-0.4, -0.2) is 72.6 Å². The van der Waals surface area contributed by atoms with E-state index in [0.29, 0.717) is 44.1 Å². The van der Waals surface area contributed by atoms with E-state index in [9.17, 15) is 19.1 Å². The van der Waals surface area contributed by atoms with Crippen LogP contribution in [0.4, 0.5) is 4.39 Å². The summed E-state index contributed by atoms with van der Waals surface area (Å²) in [5.41, 5.74) is 0.970. The number of unbranched alkanes of at least 4 members (excludes halogenated alkanes) is 2. The maximum atomic E-state index is 13.5. The summed E-state index contributed by atoms with van der Waals surface area (Å²) in [5.74, 6) is -1.51. The van der Waals surface area contributed by atoms with Crippen LogP contribution in [0, 0.1) is 5.82 Å². The first-order valence-corrected chi connectivity index (χ1v) is 13.1. The van der Waals surface area contributed by atoms with Crippen LogP contribution >= 0.6 is 0 Å². The zero-order chi connectivity index (χ0) is 26.2. The second-order valence-electron chi connectivity index (χ2n) is 9.44. The first kappa shape index (κ1) is 26.8. The van der Waals surface area contributed by atoms with Gasteiger partial charge in [-0.2, -0.15) is 0 Å². The Hall–Kier alpha value is -3.23. The van der Waals surface area contributed by atoms with Crippen molar-refractivity contribution in [2.24, 2.45) is 0 Å². The Morgan fingerprint density at radius 3 is 2.54 bits per heavy atom. The van der Waals surface area contributed by atoms with Crippen molar-refractivity contribution in [3.8, 4) is 5.75 Å². The molecule has 2 aliphatic rings. The van der Waals surface area contributed by atoms with Gasteiger partial charge in [0.2, 0.25) is 0 Å². The predicted octanol–water partition coefficient (Wildman–Crippen LogP) is 4.54. The van der Waals surface area contributed by atoms with Crippen molar-refractivity contribution in [2.75, 3.05) is 46.0 Å². The average Bonchev–Trinajstić information content (AvgIpc) is 3.17. The highest BCUT2D eigenvalue weighted by Gasteiger charge is 2.46. The number of amides is 1. The maximum Gasteiger partial charge on any atom is 0.295 e. The van der Waals surface area contributed by atoms with Crippen molar-refractivity contribution < 1.29 is 28.6 Å². The van der Waals surface area contributed by atoms with E-state index in [2.05, 4.69) is 11.8 Å². The summed E-state index contributed by atoms with van der Waals surface area (Å²) in [4.78, 5) is 30.3. The lowest BCUT2D eigenvalue weighted by atomic mass is 9.95. The van der Waals surface area contributed by atoms with Gasteiger partial charge in [-0.1, -0.05) is 31.9 Å². The summed E-state index contributed by atoms with van der Waals surface area (Å²) in [5, 5.41) is 11.2. The third kappa shape index (κ3) is 6.56. The third-order valence-electron chi connectivity index (χ3n) is 6.83. The van der Waals surface area contributed by atoms with E-state index in [-0.39, 0.29) is 16.9 Å². The Balaban J connectivity index is 1.64. The monoisotopic (exact) mass is 510 g/mol. The zero-order valence-electron chi connectivity index (χ0n) is 21.3. The summed E-state index contributed by atoms with van der Waals surface area (Å²) >= 11 is 0. The number of ketones is 1. The number of nitrogens with zero attached hydrogens (tertiary/aromatic N) is 2. The number of hydrogen-bond acceptors (Lipinski definition) is 6. The fraction of sp³-hybridized carbons (Fsp3) is 0.448. The number of hydrogen-bond donors (Lipinski definition) is 1. The van der Waals surface area contributed by atoms with Gasteiger partial charge in [-0.05, 0) is 54.8 Å². The largest absolute Gasteiger partial charge is 0.507 e. The molecule has 0 spiro atoms. The lowest BCUT2D eigenvalue weighted by Crippen LogP contribution is -2.38. The quantitative estimate of drug-likeness (QED) is 0.207. The van der Waals surface area contributed by atoms with E-state index in [4.69, 9.17) is 9.47 Å². The van der Waals surface area contributed by atoms with E-state index in [1.807, 2.05) is 24.3 Å². The van der Waals surface area contributed by atoms with Gasteiger partial charge in [0.15, 0.2) is 0 Å². The van der Waals surface area contributed by atoms with E-state index < -0.39 is 23.5 Å². The summed E-state index contributed by atoms with van der Waals surface area (Å²) in [7, 11) is 0. The molecule has 0 radical (unpaired) electrons. The molecule has 4 rings (SSSR count). The first-order valence-electron chi connectivity index (χ1n) is 13.1. The van der Waals surface area contributed by atoms with Gasteiger partial charge in [0.05, 0.1) is 31.4 Å². The molecule has 0 bridgehead atoms. The number of halogens is 1. The van der Waals surface area contributed by atoms with E-state index in [0.717, 1.165) is 38.9 Å². The van der Waals surface area contributed by atoms with Crippen LogP contribution in [-0.2, 0) is 14.3 Å². The first-order chi connectivity index (χ1) is 18.0. The van der Waals surface area contributed by atoms with Gasteiger partial charge in [-0.15, -0.1) is 0 Å². The Kier molecular flexibility index (Phi) is 9.30. The average molecular weight is 511 g/mol. The number of Topliss-reactive ketones (excluding diaryl/α,β-unsaturated/α-hetero) is 1. The SMILES string of the molecule is CCCCCOc1cccc(C2/C(=C(\O)c3ccc(F)cc3)C(=O)C(=O)N2CCCN2CCOCC2)c1. The van der Waals surface area contributed by atoms with Crippen molar-refractivity contribution in [1.82, 2.24) is 9.80 Å². The predicted molar refractivity (Wildman–Crippen MR) is 139 cm³/mol. The van der Waals surface area contributed by atoms with Gasteiger partial charge in [-0.3, -0.25) is 14.5 Å². The Morgan fingerprint density at radius 1 is 1.05 bits per heavy atom. The van der Waals surface area contributed by atoms with Crippen molar-refractivity contribution in [1.29, 1.82) is 0 Å². The van der Waals surface area contributed by atoms with E-state index in [1.165, 1.54) is 29.2 Å². The molecule has 1 unspecified atom stereocenters. The summed E-state index contributed by atoms with van der Waals surface area (Å²) in [6.45, 7) is 6.89. The molecule has 2 heterocycles. The van der Waals surface area contributed by atoms with Gasteiger partial charge in [0, 0.05) is 31.7 Å².